The van der Waals surface area contributed by atoms with Gasteiger partial charge in [0, 0.05) is 24.8 Å². The van der Waals surface area contributed by atoms with Crippen LogP contribution in [0.5, 0.6) is 5.75 Å². The zero-order valence-corrected chi connectivity index (χ0v) is 20.4. The summed E-state index contributed by atoms with van der Waals surface area (Å²) in [5, 5.41) is 20.0. The number of carbonyl (C=O) groups is 2. The van der Waals surface area contributed by atoms with Crippen LogP contribution in [0.25, 0.3) is 22.8 Å². The molecule has 4 rings (SSSR count). The molecule has 0 saturated heterocycles. The van der Waals surface area contributed by atoms with E-state index >= 15 is 0 Å². The maximum atomic E-state index is 11.9. The number of ether oxygens (including phenoxy) is 2. The molecule has 0 bridgehead atoms. The Morgan fingerprint density at radius 2 is 1.56 bits per heavy atom. The van der Waals surface area contributed by atoms with Gasteiger partial charge in [0.25, 0.3) is 0 Å². The van der Waals surface area contributed by atoms with Crippen molar-refractivity contribution in [2.24, 2.45) is 0 Å². The Balaban J connectivity index is 1.58. The van der Waals surface area contributed by atoms with E-state index in [0.717, 1.165) is 27.8 Å². The minimum atomic E-state index is -0.770. The number of hydrogen-bond acceptors (Lipinski definition) is 8. The number of methoxy groups -OCH3 is 2. The second kappa shape index (κ2) is 10.3. The molecule has 1 heterocycles. The molecule has 0 aliphatic heterocycles. The Bertz CT molecular complexity index is 1410. The van der Waals surface area contributed by atoms with E-state index in [1.165, 1.54) is 25.1 Å². The molecule has 9 heteroatoms. The van der Waals surface area contributed by atoms with Crippen molar-refractivity contribution in [2.75, 3.05) is 26.2 Å². The fraction of sp³-hybridized carbons (Fsp3) is 0.185. The van der Waals surface area contributed by atoms with Crippen LogP contribution in [-0.2, 0) is 25.6 Å². The predicted molar refractivity (Wildman–Crippen MR) is 136 cm³/mol. The molecular formula is C27H26N4O5. The molecule has 0 spiro atoms. The quantitative estimate of drug-likeness (QED) is 0.182. The van der Waals surface area contributed by atoms with Gasteiger partial charge in [0.05, 0.1) is 14.2 Å². The van der Waals surface area contributed by atoms with E-state index in [1.54, 1.807) is 12.1 Å². The van der Waals surface area contributed by atoms with Crippen molar-refractivity contribution < 1.29 is 24.2 Å². The molecule has 3 aromatic carbocycles. The number of aromatic hydroxyl groups is 1. The van der Waals surface area contributed by atoms with Crippen molar-refractivity contribution in [2.45, 2.75) is 13.5 Å². The zero-order valence-electron chi connectivity index (χ0n) is 20.4. The fourth-order valence-corrected chi connectivity index (χ4v) is 3.83. The number of anilines is 1. The summed E-state index contributed by atoms with van der Waals surface area (Å²) in [6.07, 6.45) is 1.42. The van der Waals surface area contributed by atoms with Crippen molar-refractivity contribution in [3.05, 3.63) is 82.9 Å². The molecule has 0 saturated carbocycles. The van der Waals surface area contributed by atoms with Gasteiger partial charge in [-0.1, -0.05) is 30.3 Å². The number of carbonyl (C=O) groups excluding carboxylic acids is 2. The first-order valence-electron chi connectivity index (χ1n) is 11.1. The third-order valence-electron chi connectivity index (χ3n) is 5.68. The second-order valence-electron chi connectivity index (χ2n) is 8.26. The average molecular weight is 487 g/mol. The zero-order chi connectivity index (χ0) is 25.8. The van der Waals surface area contributed by atoms with Crippen LogP contribution in [0, 0.1) is 6.92 Å². The lowest BCUT2D eigenvalue weighted by Crippen LogP contribution is -2.17. The molecule has 1 aromatic heterocycles. The first kappa shape index (κ1) is 24.5. The van der Waals surface area contributed by atoms with Crippen molar-refractivity contribution >= 4 is 34.7 Å². The molecule has 0 aliphatic rings. The minimum Gasteiger partial charge on any atom is -0.505 e. The normalized spacial score (nSPS) is 10.7. The summed E-state index contributed by atoms with van der Waals surface area (Å²) in [5.41, 5.74) is 4.99. The van der Waals surface area contributed by atoms with Crippen LogP contribution >= 0.6 is 0 Å². The highest BCUT2D eigenvalue weighted by Gasteiger charge is 2.20. The Kier molecular flexibility index (Phi) is 7.00. The molecule has 184 valence electrons. The Morgan fingerprint density at radius 3 is 2.11 bits per heavy atom. The number of phenolic OH excluding ortho intramolecular Hbond substituents is 1. The number of esters is 2. The molecule has 0 aliphatic carbocycles. The first-order chi connectivity index (χ1) is 17.3. The number of benzene rings is 3. The van der Waals surface area contributed by atoms with Gasteiger partial charge in [-0.05, 0) is 54.5 Å². The molecule has 4 aromatic rings. The van der Waals surface area contributed by atoms with E-state index in [4.69, 9.17) is 0 Å². The third-order valence-corrected chi connectivity index (χ3v) is 5.68. The Labute approximate surface area is 208 Å². The molecular weight excluding hydrogens is 460 g/mol. The van der Waals surface area contributed by atoms with Crippen LogP contribution in [0.3, 0.4) is 0 Å². The van der Waals surface area contributed by atoms with Crippen LogP contribution in [0.4, 0.5) is 5.69 Å². The van der Waals surface area contributed by atoms with Crippen molar-refractivity contribution in [3.63, 3.8) is 0 Å². The number of phenols is 1. The molecule has 0 unspecified atom stereocenters. The Morgan fingerprint density at radius 1 is 0.972 bits per heavy atom. The molecule has 36 heavy (non-hydrogen) atoms. The maximum absolute atomic E-state index is 11.9. The summed E-state index contributed by atoms with van der Waals surface area (Å²) in [4.78, 5) is 27.2. The lowest BCUT2D eigenvalue weighted by Gasteiger charge is -2.21. The van der Waals surface area contributed by atoms with Crippen LogP contribution in [0.2, 0.25) is 0 Å². The van der Waals surface area contributed by atoms with Crippen molar-refractivity contribution in [1.29, 1.82) is 0 Å². The Hall–Kier alpha value is -4.66. The highest BCUT2D eigenvalue weighted by molar-refractivity contribution is 6.17. The van der Waals surface area contributed by atoms with E-state index in [2.05, 4.69) is 19.7 Å². The van der Waals surface area contributed by atoms with E-state index in [0.29, 0.717) is 17.8 Å². The standard InChI is InChI=1S/C27H26N4O5/c1-17-13-19(25(32)24(14-17)31-28-22-7-5-6-8-23(22)29-31)16-30(2)20-11-9-18(10-12-20)15-21(26(33)35-3)27(34)36-4/h5-15,32H,16H2,1-4H3. The first-order valence-corrected chi connectivity index (χ1v) is 11.1. The lowest BCUT2D eigenvalue weighted by atomic mass is 10.1. The molecule has 9 nitrogen and oxygen atoms in total. The topological polar surface area (TPSA) is 107 Å². The molecule has 0 atom stereocenters. The van der Waals surface area contributed by atoms with Gasteiger partial charge in [0.1, 0.15) is 28.0 Å². The number of aryl methyl sites for hydroxylation is 1. The van der Waals surface area contributed by atoms with Gasteiger partial charge in [-0.2, -0.15) is 0 Å². The summed E-state index contributed by atoms with van der Waals surface area (Å²) < 4.78 is 9.33. The van der Waals surface area contributed by atoms with Crippen LogP contribution in [-0.4, -0.2) is 53.3 Å². The number of hydrogen-bond donors (Lipinski definition) is 1. The molecule has 0 fully saturated rings. The number of nitrogens with zero attached hydrogens (tertiary/aromatic N) is 4. The number of aromatic nitrogens is 3. The van der Waals surface area contributed by atoms with Gasteiger partial charge < -0.3 is 19.5 Å². The predicted octanol–water partition coefficient (Wildman–Crippen LogP) is 3.80. The average Bonchev–Trinajstić information content (AvgIpc) is 3.32. The fourth-order valence-electron chi connectivity index (χ4n) is 3.83. The number of fused-ring (bicyclic) bond motifs is 1. The van der Waals surface area contributed by atoms with Crippen LogP contribution in [0.1, 0.15) is 16.7 Å². The summed E-state index contributed by atoms with van der Waals surface area (Å²) in [5.74, 6) is -1.44. The maximum Gasteiger partial charge on any atom is 0.345 e. The monoisotopic (exact) mass is 486 g/mol. The van der Waals surface area contributed by atoms with Crippen molar-refractivity contribution in [3.8, 4) is 11.4 Å². The number of rotatable bonds is 7. The van der Waals surface area contributed by atoms with Gasteiger partial charge in [0.2, 0.25) is 0 Å². The van der Waals surface area contributed by atoms with E-state index in [1.807, 2.05) is 67.4 Å². The minimum absolute atomic E-state index is 0.105. The van der Waals surface area contributed by atoms with Gasteiger partial charge in [-0.15, -0.1) is 15.0 Å². The highest BCUT2D eigenvalue weighted by atomic mass is 16.5. The van der Waals surface area contributed by atoms with Gasteiger partial charge in [0.15, 0.2) is 0 Å². The van der Waals surface area contributed by atoms with Crippen molar-refractivity contribution in [1.82, 2.24) is 15.0 Å². The highest BCUT2D eigenvalue weighted by Crippen LogP contribution is 2.30. The smallest absolute Gasteiger partial charge is 0.345 e. The van der Waals surface area contributed by atoms with Gasteiger partial charge in [-0.25, -0.2) is 9.59 Å². The summed E-state index contributed by atoms with van der Waals surface area (Å²) in [7, 11) is 4.31. The summed E-state index contributed by atoms with van der Waals surface area (Å²) >= 11 is 0. The van der Waals surface area contributed by atoms with E-state index in [-0.39, 0.29) is 11.3 Å². The molecule has 0 radical (unpaired) electrons. The lowest BCUT2D eigenvalue weighted by molar-refractivity contribution is -0.143. The summed E-state index contributed by atoms with van der Waals surface area (Å²) in [6.45, 7) is 2.38. The molecule has 0 amide bonds. The second-order valence-corrected chi connectivity index (χ2v) is 8.26. The van der Waals surface area contributed by atoms with Gasteiger partial charge >= 0.3 is 11.9 Å². The molecule has 1 N–H and O–H groups in total. The van der Waals surface area contributed by atoms with E-state index in [9.17, 15) is 14.7 Å². The van der Waals surface area contributed by atoms with Crippen LogP contribution in [0.15, 0.2) is 66.2 Å². The third kappa shape index (κ3) is 5.05. The van der Waals surface area contributed by atoms with Gasteiger partial charge in [-0.3, -0.25) is 0 Å². The van der Waals surface area contributed by atoms with Crippen LogP contribution < -0.4 is 4.90 Å². The van der Waals surface area contributed by atoms with E-state index < -0.39 is 11.9 Å². The summed E-state index contributed by atoms with van der Waals surface area (Å²) in [6, 6.07) is 18.6. The SMILES string of the molecule is COC(=O)C(=Cc1ccc(N(C)Cc2cc(C)cc(-n3nc4ccccc4n3)c2O)cc1)C(=O)OC. The largest absolute Gasteiger partial charge is 0.505 e.